The van der Waals surface area contributed by atoms with Crippen molar-refractivity contribution in [1.82, 2.24) is 4.90 Å². The predicted molar refractivity (Wildman–Crippen MR) is 47.6 cm³/mol. The Morgan fingerprint density at radius 3 is 2.38 bits per heavy atom. The third-order valence-corrected chi connectivity index (χ3v) is 2.32. The molecule has 1 aliphatic heterocycles. The molecule has 4 heteroatoms. The zero-order valence-electron chi connectivity index (χ0n) is 7.66. The fourth-order valence-corrected chi connectivity index (χ4v) is 1.58. The molecule has 74 valence electrons. The summed E-state index contributed by atoms with van der Waals surface area (Å²) in [6, 6.07) is 0. The van der Waals surface area contributed by atoms with E-state index >= 15 is 0 Å². The van der Waals surface area contributed by atoms with Gasteiger partial charge in [0.05, 0.1) is 0 Å². The number of likely N-dealkylation sites (tertiary alicyclic amines) is 1. The zero-order chi connectivity index (χ0) is 9.68. The van der Waals surface area contributed by atoms with Gasteiger partial charge in [-0.25, -0.2) is 4.79 Å². The molecule has 0 radical (unpaired) electrons. The first-order chi connectivity index (χ1) is 6.20. The lowest BCUT2D eigenvalue weighted by Gasteiger charge is -2.12. The maximum absolute atomic E-state index is 10.7. The number of carbonyl (C=O) groups is 2. The van der Waals surface area contributed by atoms with Crippen molar-refractivity contribution in [3.05, 3.63) is 0 Å². The summed E-state index contributed by atoms with van der Waals surface area (Å²) >= 11 is 0. The van der Waals surface area contributed by atoms with E-state index in [2.05, 4.69) is 4.90 Å². The van der Waals surface area contributed by atoms with Gasteiger partial charge >= 0.3 is 5.97 Å². The maximum Gasteiger partial charge on any atom is 0.372 e. The molecule has 13 heavy (non-hydrogen) atoms. The van der Waals surface area contributed by atoms with Crippen LogP contribution in [-0.2, 0) is 9.59 Å². The lowest BCUT2D eigenvalue weighted by atomic mass is 10.2. The van der Waals surface area contributed by atoms with Crippen molar-refractivity contribution in [2.45, 2.75) is 25.7 Å². The van der Waals surface area contributed by atoms with Crippen molar-refractivity contribution in [3.8, 4) is 0 Å². The number of carboxylic acid groups (broad SMARTS) is 1. The van der Waals surface area contributed by atoms with E-state index in [-0.39, 0.29) is 6.42 Å². The molecule has 0 amide bonds. The van der Waals surface area contributed by atoms with E-state index in [1.54, 1.807) is 0 Å². The Hall–Kier alpha value is -0.900. The van der Waals surface area contributed by atoms with E-state index < -0.39 is 11.8 Å². The van der Waals surface area contributed by atoms with Crippen molar-refractivity contribution in [2.75, 3.05) is 19.6 Å². The number of hydrogen-bond acceptors (Lipinski definition) is 3. The molecule has 0 saturated carbocycles. The molecule has 0 aromatic rings. The normalized spacial score (nSPS) is 17.5. The lowest BCUT2D eigenvalue weighted by Crippen LogP contribution is -2.22. The summed E-state index contributed by atoms with van der Waals surface area (Å²) in [7, 11) is 0. The minimum Gasteiger partial charge on any atom is -0.476 e. The summed E-state index contributed by atoms with van der Waals surface area (Å²) in [4.78, 5) is 23.1. The van der Waals surface area contributed by atoms with Gasteiger partial charge < -0.3 is 10.0 Å². The van der Waals surface area contributed by atoms with Crippen molar-refractivity contribution in [1.29, 1.82) is 0 Å². The predicted octanol–water partition coefficient (Wildman–Crippen LogP) is 0.516. The summed E-state index contributed by atoms with van der Waals surface area (Å²) < 4.78 is 0. The molecule has 0 aromatic heterocycles. The van der Waals surface area contributed by atoms with Crippen LogP contribution < -0.4 is 0 Å². The molecule has 0 aliphatic carbocycles. The Balaban J connectivity index is 2.06. The highest BCUT2D eigenvalue weighted by molar-refractivity contribution is 6.32. The van der Waals surface area contributed by atoms with Crippen molar-refractivity contribution >= 4 is 11.8 Å². The number of aliphatic carboxylic acids is 1. The molecule has 1 N–H and O–H groups in total. The van der Waals surface area contributed by atoms with E-state index in [1.807, 2.05) is 0 Å². The van der Waals surface area contributed by atoms with Gasteiger partial charge in [-0.3, -0.25) is 4.79 Å². The molecule has 0 spiro atoms. The van der Waals surface area contributed by atoms with Crippen LogP contribution in [-0.4, -0.2) is 41.4 Å². The highest BCUT2D eigenvalue weighted by atomic mass is 16.4. The van der Waals surface area contributed by atoms with Crippen LogP contribution in [0.25, 0.3) is 0 Å². The SMILES string of the molecule is O=C(O)C(=O)CCCN1CCCC1. The summed E-state index contributed by atoms with van der Waals surface area (Å²) in [5.74, 6) is -1.97. The second-order valence-electron chi connectivity index (χ2n) is 3.38. The Kier molecular flexibility index (Phi) is 3.89. The summed E-state index contributed by atoms with van der Waals surface area (Å²) in [6.45, 7) is 3.06. The Labute approximate surface area is 77.5 Å². The van der Waals surface area contributed by atoms with Gasteiger partial charge in [0.1, 0.15) is 0 Å². The Morgan fingerprint density at radius 2 is 1.85 bits per heavy atom. The van der Waals surface area contributed by atoms with Gasteiger partial charge in [-0.1, -0.05) is 0 Å². The molecule has 4 nitrogen and oxygen atoms in total. The second kappa shape index (κ2) is 4.97. The van der Waals surface area contributed by atoms with Crippen LogP contribution in [0.5, 0.6) is 0 Å². The van der Waals surface area contributed by atoms with Crippen LogP contribution in [0.3, 0.4) is 0 Å². The molecule has 0 unspecified atom stereocenters. The average Bonchev–Trinajstić information content (AvgIpc) is 2.56. The monoisotopic (exact) mass is 185 g/mol. The standard InChI is InChI=1S/C9H15NO3/c11-8(9(12)13)4-3-7-10-5-1-2-6-10/h1-7H2,(H,12,13). The molecule has 0 atom stereocenters. The number of carboxylic acids is 1. The quantitative estimate of drug-likeness (QED) is 0.634. The number of carbonyl (C=O) groups excluding carboxylic acids is 1. The molecule has 0 bridgehead atoms. The molecule has 1 aliphatic rings. The molecule has 1 heterocycles. The third-order valence-electron chi connectivity index (χ3n) is 2.32. The van der Waals surface area contributed by atoms with Gasteiger partial charge in [0.15, 0.2) is 0 Å². The van der Waals surface area contributed by atoms with Crippen molar-refractivity contribution in [2.24, 2.45) is 0 Å². The fourth-order valence-electron chi connectivity index (χ4n) is 1.58. The number of rotatable bonds is 5. The highest BCUT2D eigenvalue weighted by Gasteiger charge is 2.14. The molecule has 1 fully saturated rings. The second-order valence-corrected chi connectivity index (χ2v) is 3.38. The summed E-state index contributed by atoms with van der Waals surface area (Å²) in [5, 5.41) is 8.31. The smallest absolute Gasteiger partial charge is 0.372 e. The lowest BCUT2D eigenvalue weighted by molar-refractivity contribution is -0.149. The third kappa shape index (κ3) is 3.55. The van der Waals surface area contributed by atoms with Gasteiger partial charge in [-0.2, -0.15) is 0 Å². The topological polar surface area (TPSA) is 57.6 Å². The molecule has 1 rings (SSSR count). The van der Waals surface area contributed by atoms with Gasteiger partial charge in [0.2, 0.25) is 5.78 Å². The first-order valence-electron chi connectivity index (χ1n) is 4.68. The first-order valence-corrected chi connectivity index (χ1v) is 4.68. The van der Waals surface area contributed by atoms with Crippen LogP contribution in [0.1, 0.15) is 25.7 Å². The van der Waals surface area contributed by atoms with E-state index in [9.17, 15) is 9.59 Å². The van der Waals surface area contributed by atoms with Crippen molar-refractivity contribution < 1.29 is 14.7 Å². The molecular formula is C9H15NO3. The van der Waals surface area contributed by atoms with Gasteiger partial charge in [0.25, 0.3) is 0 Å². The van der Waals surface area contributed by atoms with Gasteiger partial charge in [-0.15, -0.1) is 0 Å². The number of Topliss-reactive ketones (excluding diaryl/α,β-unsaturated/α-hetero) is 1. The Bertz CT molecular complexity index is 197. The van der Waals surface area contributed by atoms with E-state index in [0.717, 1.165) is 19.6 Å². The van der Waals surface area contributed by atoms with Gasteiger partial charge in [0, 0.05) is 6.42 Å². The van der Waals surface area contributed by atoms with Crippen LogP contribution in [0.4, 0.5) is 0 Å². The van der Waals surface area contributed by atoms with Crippen LogP contribution in [0.2, 0.25) is 0 Å². The summed E-state index contributed by atoms with van der Waals surface area (Å²) in [6.07, 6.45) is 3.30. The first kappa shape index (κ1) is 10.2. The van der Waals surface area contributed by atoms with Crippen LogP contribution in [0.15, 0.2) is 0 Å². The zero-order valence-corrected chi connectivity index (χ0v) is 7.66. The van der Waals surface area contributed by atoms with Gasteiger partial charge in [-0.05, 0) is 38.9 Å². The van der Waals surface area contributed by atoms with Crippen LogP contribution in [0, 0.1) is 0 Å². The summed E-state index contributed by atoms with van der Waals surface area (Å²) in [5.41, 5.74) is 0. The number of nitrogens with zero attached hydrogens (tertiary/aromatic N) is 1. The van der Waals surface area contributed by atoms with E-state index in [0.29, 0.717) is 6.42 Å². The van der Waals surface area contributed by atoms with E-state index in [4.69, 9.17) is 5.11 Å². The highest BCUT2D eigenvalue weighted by Crippen LogP contribution is 2.08. The average molecular weight is 185 g/mol. The largest absolute Gasteiger partial charge is 0.476 e. The minimum absolute atomic E-state index is 0.172. The molecule has 0 aromatic carbocycles. The van der Waals surface area contributed by atoms with E-state index in [1.165, 1.54) is 12.8 Å². The number of hydrogen-bond donors (Lipinski definition) is 1. The minimum atomic E-state index is -1.30. The number of ketones is 1. The molecular weight excluding hydrogens is 170 g/mol. The van der Waals surface area contributed by atoms with Crippen LogP contribution >= 0.6 is 0 Å². The molecule has 1 saturated heterocycles. The Morgan fingerprint density at radius 1 is 1.23 bits per heavy atom. The fraction of sp³-hybridized carbons (Fsp3) is 0.778. The maximum atomic E-state index is 10.7. The van der Waals surface area contributed by atoms with Crippen molar-refractivity contribution in [3.63, 3.8) is 0 Å².